The van der Waals surface area contributed by atoms with Crippen molar-refractivity contribution in [3.8, 4) is 11.5 Å². The Hall–Kier alpha value is -3.02. The molecule has 0 aliphatic carbocycles. The zero-order valence-corrected chi connectivity index (χ0v) is 15.3. The zero-order chi connectivity index (χ0) is 18.9. The Morgan fingerprint density at radius 2 is 1.54 bits per heavy atom. The number of carbonyl (C=O) groups excluding carboxylic acids is 2. The van der Waals surface area contributed by atoms with E-state index < -0.39 is 11.8 Å². The third-order valence-electron chi connectivity index (χ3n) is 3.58. The summed E-state index contributed by atoms with van der Waals surface area (Å²) in [6.45, 7) is 6.99. The summed E-state index contributed by atoms with van der Waals surface area (Å²) in [7, 11) is 0. The molecule has 6 heteroatoms. The quantitative estimate of drug-likeness (QED) is 0.748. The number of anilines is 1. The summed E-state index contributed by atoms with van der Waals surface area (Å²) in [6.07, 6.45) is 0. The molecule has 0 heterocycles. The van der Waals surface area contributed by atoms with Crippen molar-refractivity contribution < 1.29 is 19.1 Å². The molecule has 0 fully saturated rings. The molecule has 0 saturated carbocycles. The SMILES string of the molecule is CCOc1ccc(NC(=O)C(=O)NCc2ccc(C)cc2)cc1OCC. The van der Waals surface area contributed by atoms with E-state index in [1.165, 1.54) is 0 Å². The Labute approximate surface area is 153 Å². The van der Waals surface area contributed by atoms with Gasteiger partial charge in [-0.15, -0.1) is 0 Å². The van der Waals surface area contributed by atoms with Crippen LogP contribution in [-0.4, -0.2) is 25.0 Å². The monoisotopic (exact) mass is 356 g/mol. The van der Waals surface area contributed by atoms with E-state index in [0.717, 1.165) is 11.1 Å². The van der Waals surface area contributed by atoms with Gasteiger partial charge in [0.25, 0.3) is 0 Å². The third-order valence-corrected chi connectivity index (χ3v) is 3.58. The van der Waals surface area contributed by atoms with E-state index in [4.69, 9.17) is 9.47 Å². The van der Waals surface area contributed by atoms with Crippen molar-refractivity contribution in [2.75, 3.05) is 18.5 Å². The van der Waals surface area contributed by atoms with E-state index in [0.29, 0.717) is 36.9 Å². The minimum absolute atomic E-state index is 0.292. The summed E-state index contributed by atoms with van der Waals surface area (Å²) in [5.41, 5.74) is 2.53. The van der Waals surface area contributed by atoms with Crippen LogP contribution in [0.1, 0.15) is 25.0 Å². The lowest BCUT2D eigenvalue weighted by Gasteiger charge is -2.13. The Morgan fingerprint density at radius 1 is 0.885 bits per heavy atom. The van der Waals surface area contributed by atoms with Crippen LogP contribution < -0.4 is 20.1 Å². The molecule has 0 radical (unpaired) electrons. The van der Waals surface area contributed by atoms with Gasteiger partial charge in [0.2, 0.25) is 0 Å². The van der Waals surface area contributed by atoms with Crippen LogP contribution >= 0.6 is 0 Å². The molecule has 0 aromatic heterocycles. The van der Waals surface area contributed by atoms with Gasteiger partial charge in [-0.05, 0) is 38.5 Å². The van der Waals surface area contributed by atoms with E-state index in [9.17, 15) is 9.59 Å². The molecule has 0 bridgehead atoms. The van der Waals surface area contributed by atoms with Crippen molar-refractivity contribution in [2.24, 2.45) is 0 Å². The van der Waals surface area contributed by atoms with Crippen LogP contribution in [-0.2, 0) is 16.1 Å². The van der Waals surface area contributed by atoms with Gasteiger partial charge in [-0.25, -0.2) is 0 Å². The number of nitrogens with one attached hydrogen (secondary N) is 2. The van der Waals surface area contributed by atoms with Crippen molar-refractivity contribution in [1.82, 2.24) is 5.32 Å². The standard InChI is InChI=1S/C20H24N2O4/c1-4-25-17-11-10-16(12-18(17)26-5-2)22-20(24)19(23)21-13-15-8-6-14(3)7-9-15/h6-12H,4-5,13H2,1-3H3,(H,21,23)(H,22,24). The maximum atomic E-state index is 12.1. The third kappa shape index (κ3) is 5.51. The number of carbonyl (C=O) groups is 2. The van der Waals surface area contributed by atoms with Gasteiger partial charge < -0.3 is 20.1 Å². The summed E-state index contributed by atoms with van der Waals surface area (Å²) in [6, 6.07) is 12.7. The first-order valence-corrected chi connectivity index (χ1v) is 8.57. The first-order valence-electron chi connectivity index (χ1n) is 8.57. The maximum absolute atomic E-state index is 12.1. The maximum Gasteiger partial charge on any atom is 0.313 e. The summed E-state index contributed by atoms with van der Waals surface area (Å²) < 4.78 is 11.0. The normalized spacial score (nSPS) is 10.1. The average molecular weight is 356 g/mol. The van der Waals surface area contributed by atoms with Crippen LogP contribution in [0.15, 0.2) is 42.5 Å². The molecule has 2 aromatic carbocycles. The highest BCUT2D eigenvalue weighted by Crippen LogP contribution is 2.30. The van der Waals surface area contributed by atoms with Gasteiger partial charge in [0.05, 0.1) is 13.2 Å². The molecule has 0 aliphatic rings. The van der Waals surface area contributed by atoms with Crippen LogP contribution in [0, 0.1) is 6.92 Å². The molecule has 0 unspecified atom stereocenters. The number of hydrogen-bond donors (Lipinski definition) is 2. The Morgan fingerprint density at radius 3 is 2.19 bits per heavy atom. The topological polar surface area (TPSA) is 76.7 Å². The fourth-order valence-electron chi connectivity index (χ4n) is 2.29. The second kappa shape index (κ2) is 9.46. The second-order valence-electron chi connectivity index (χ2n) is 5.65. The predicted octanol–water partition coefficient (Wildman–Crippen LogP) is 3.05. The second-order valence-corrected chi connectivity index (χ2v) is 5.65. The fourth-order valence-corrected chi connectivity index (χ4v) is 2.29. The van der Waals surface area contributed by atoms with E-state index in [1.54, 1.807) is 18.2 Å². The molecule has 6 nitrogen and oxygen atoms in total. The molecule has 2 N–H and O–H groups in total. The van der Waals surface area contributed by atoms with Crippen LogP contribution in [0.3, 0.4) is 0 Å². The smallest absolute Gasteiger partial charge is 0.313 e. The predicted molar refractivity (Wildman–Crippen MR) is 100 cm³/mol. The number of benzene rings is 2. The number of amides is 2. The van der Waals surface area contributed by atoms with Gasteiger partial charge in [-0.2, -0.15) is 0 Å². The first-order chi connectivity index (χ1) is 12.5. The minimum Gasteiger partial charge on any atom is -0.490 e. The van der Waals surface area contributed by atoms with Crippen molar-refractivity contribution in [3.63, 3.8) is 0 Å². The van der Waals surface area contributed by atoms with Crippen molar-refractivity contribution >= 4 is 17.5 Å². The Kier molecular flexibility index (Phi) is 7.02. The summed E-state index contributed by atoms with van der Waals surface area (Å²) in [5, 5.41) is 5.17. The highest BCUT2D eigenvalue weighted by Gasteiger charge is 2.15. The van der Waals surface area contributed by atoms with Crippen molar-refractivity contribution in [3.05, 3.63) is 53.6 Å². The minimum atomic E-state index is -0.733. The lowest BCUT2D eigenvalue weighted by molar-refractivity contribution is -0.136. The lowest BCUT2D eigenvalue weighted by atomic mass is 10.1. The molecule has 2 rings (SSSR count). The zero-order valence-electron chi connectivity index (χ0n) is 15.3. The van der Waals surface area contributed by atoms with Gasteiger partial charge in [-0.1, -0.05) is 29.8 Å². The van der Waals surface area contributed by atoms with Crippen molar-refractivity contribution in [1.29, 1.82) is 0 Å². The Bertz CT molecular complexity index is 757. The molecule has 2 aromatic rings. The van der Waals surface area contributed by atoms with Crippen molar-refractivity contribution in [2.45, 2.75) is 27.3 Å². The highest BCUT2D eigenvalue weighted by atomic mass is 16.5. The van der Waals surface area contributed by atoms with Crippen LogP contribution in [0.2, 0.25) is 0 Å². The molecule has 2 amide bonds. The molecule has 138 valence electrons. The largest absolute Gasteiger partial charge is 0.490 e. The van der Waals surface area contributed by atoms with Crippen LogP contribution in [0.4, 0.5) is 5.69 Å². The molecule has 0 atom stereocenters. The van der Waals surface area contributed by atoms with Gasteiger partial charge in [0, 0.05) is 18.3 Å². The Balaban J connectivity index is 1.96. The highest BCUT2D eigenvalue weighted by molar-refractivity contribution is 6.39. The van der Waals surface area contributed by atoms with E-state index >= 15 is 0 Å². The first kappa shape index (κ1) is 19.3. The summed E-state index contributed by atoms with van der Waals surface area (Å²) >= 11 is 0. The molecular formula is C20H24N2O4. The van der Waals surface area contributed by atoms with Crippen LogP contribution in [0.5, 0.6) is 11.5 Å². The molecule has 0 aliphatic heterocycles. The van der Waals surface area contributed by atoms with Gasteiger partial charge >= 0.3 is 11.8 Å². The van der Waals surface area contributed by atoms with Gasteiger partial charge in [-0.3, -0.25) is 9.59 Å². The molecular weight excluding hydrogens is 332 g/mol. The lowest BCUT2D eigenvalue weighted by Crippen LogP contribution is -2.34. The average Bonchev–Trinajstić information content (AvgIpc) is 2.63. The van der Waals surface area contributed by atoms with Gasteiger partial charge in [0.15, 0.2) is 11.5 Å². The van der Waals surface area contributed by atoms with E-state index in [-0.39, 0.29) is 0 Å². The molecule has 26 heavy (non-hydrogen) atoms. The number of ether oxygens (including phenoxy) is 2. The number of hydrogen-bond acceptors (Lipinski definition) is 4. The van der Waals surface area contributed by atoms with Crippen LogP contribution in [0.25, 0.3) is 0 Å². The fraction of sp³-hybridized carbons (Fsp3) is 0.300. The number of rotatable bonds is 7. The van der Waals surface area contributed by atoms with Gasteiger partial charge in [0.1, 0.15) is 0 Å². The summed E-state index contributed by atoms with van der Waals surface area (Å²) in [4.78, 5) is 24.1. The van der Waals surface area contributed by atoms with E-state index in [1.807, 2.05) is 45.0 Å². The molecule has 0 spiro atoms. The van der Waals surface area contributed by atoms with E-state index in [2.05, 4.69) is 10.6 Å². The summed E-state index contributed by atoms with van der Waals surface area (Å²) in [5.74, 6) is -0.315. The molecule has 0 saturated heterocycles. The number of aryl methyl sites for hydroxylation is 1.